The molecule has 1 aliphatic carbocycles. The van der Waals surface area contributed by atoms with E-state index >= 15 is 0 Å². The second-order valence-electron chi connectivity index (χ2n) is 5.63. The summed E-state index contributed by atoms with van der Waals surface area (Å²) in [4.78, 5) is 4.84. The normalized spacial score (nSPS) is 19.2. The number of nitrogens with zero attached hydrogens (tertiary/aromatic N) is 1. The van der Waals surface area contributed by atoms with Crippen molar-refractivity contribution < 1.29 is 4.74 Å². The third-order valence-electron chi connectivity index (χ3n) is 3.75. The van der Waals surface area contributed by atoms with Crippen LogP contribution in [0.15, 0.2) is 5.38 Å². The Morgan fingerprint density at radius 2 is 2.28 bits per heavy atom. The quantitative estimate of drug-likeness (QED) is 0.772. The summed E-state index contributed by atoms with van der Waals surface area (Å²) < 4.78 is 5.14. The molecule has 3 nitrogen and oxygen atoms in total. The third kappa shape index (κ3) is 2.92. The lowest BCUT2D eigenvalue weighted by Crippen LogP contribution is -2.43. The summed E-state index contributed by atoms with van der Waals surface area (Å²) in [6.07, 6.45) is 2.63. The van der Waals surface area contributed by atoms with Crippen molar-refractivity contribution in [3.05, 3.63) is 16.1 Å². The second-order valence-corrected chi connectivity index (χ2v) is 6.49. The minimum Gasteiger partial charge on any atom is -0.383 e. The zero-order chi connectivity index (χ0) is 13.2. The van der Waals surface area contributed by atoms with Gasteiger partial charge in [0.05, 0.1) is 17.8 Å². The molecule has 1 aromatic heterocycles. The number of ether oxygens (including phenoxy) is 1. The number of rotatable bonds is 7. The first kappa shape index (κ1) is 14.0. The van der Waals surface area contributed by atoms with Gasteiger partial charge in [-0.1, -0.05) is 13.8 Å². The van der Waals surface area contributed by atoms with Crippen molar-refractivity contribution in [2.75, 3.05) is 20.3 Å². The predicted octanol–water partition coefficient (Wildman–Crippen LogP) is 3.13. The monoisotopic (exact) mass is 268 g/mol. The predicted molar refractivity (Wildman–Crippen MR) is 76.2 cm³/mol. The Labute approximate surface area is 114 Å². The highest BCUT2D eigenvalue weighted by Crippen LogP contribution is 2.46. The van der Waals surface area contributed by atoms with Crippen LogP contribution in [0, 0.1) is 5.92 Å². The topological polar surface area (TPSA) is 34.1 Å². The van der Waals surface area contributed by atoms with E-state index < -0.39 is 0 Å². The summed E-state index contributed by atoms with van der Waals surface area (Å²) in [5.41, 5.74) is 1.26. The van der Waals surface area contributed by atoms with E-state index in [1.54, 1.807) is 18.4 Å². The molecule has 1 unspecified atom stereocenters. The summed E-state index contributed by atoms with van der Waals surface area (Å²) in [6, 6.07) is 0. The van der Waals surface area contributed by atoms with E-state index in [1.165, 1.54) is 23.5 Å². The van der Waals surface area contributed by atoms with Gasteiger partial charge in [-0.05, 0) is 31.6 Å². The molecule has 0 aromatic carbocycles. The fourth-order valence-electron chi connectivity index (χ4n) is 2.26. The van der Waals surface area contributed by atoms with Crippen LogP contribution in [0.25, 0.3) is 0 Å². The first-order valence-electron chi connectivity index (χ1n) is 6.77. The molecule has 0 aliphatic heterocycles. The molecule has 1 saturated carbocycles. The van der Waals surface area contributed by atoms with Crippen molar-refractivity contribution in [1.29, 1.82) is 0 Å². The van der Waals surface area contributed by atoms with E-state index in [0.717, 1.165) is 19.1 Å². The number of thiazole rings is 1. The molecule has 0 spiro atoms. The molecule has 1 fully saturated rings. The average molecular weight is 268 g/mol. The smallest absolute Gasteiger partial charge is 0.113 e. The van der Waals surface area contributed by atoms with Crippen molar-refractivity contribution in [3.63, 3.8) is 0 Å². The number of hydrogen-bond acceptors (Lipinski definition) is 4. The molecule has 0 amide bonds. The summed E-state index contributed by atoms with van der Waals surface area (Å²) in [6.45, 7) is 8.34. The summed E-state index contributed by atoms with van der Waals surface area (Å²) in [5, 5.41) is 7.10. The maximum Gasteiger partial charge on any atom is 0.113 e. The van der Waals surface area contributed by atoms with Gasteiger partial charge >= 0.3 is 0 Å². The van der Waals surface area contributed by atoms with Crippen LogP contribution >= 0.6 is 11.3 Å². The van der Waals surface area contributed by atoms with Gasteiger partial charge in [-0.15, -0.1) is 11.3 Å². The molecule has 0 saturated heterocycles. The van der Waals surface area contributed by atoms with Gasteiger partial charge in [0.2, 0.25) is 0 Å². The maximum absolute atomic E-state index is 5.14. The molecule has 102 valence electrons. The Hall–Kier alpha value is -0.450. The molecular formula is C14H24N2OS. The van der Waals surface area contributed by atoms with Crippen LogP contribution in [-0.4, -0.2) is 25.2 Å². The molecule has 18 heavy (non-hydrogen) atoms. The fourth-order valence-corrected chi connectivity index (χ4v) is 3.46. The lowest BCUT2D eigenvalue weighted by atomic mass is 9.96. The van der Waals surface area contributed by atoms with Gasteiger partial charge < -0.3 is 10.1 Å². The molecule has 1 N–H and O–H groups in total. The molecule has 4 heteroatoms. The average Bonchev–Trinajstić information content (AvgIpc) is 3.06. The standard InChI is InChI=1S/C14H24N2OS/c1-10(2)12-9-18-13(16-12)14(3,11-5-6-11)15-7-8-17-4/h9-11,15H,5-8H2,1-4H3. The van der Waals surface area contributed by atoms with E-state index in [0.29, 0.717) is 5.92 Å². The van der Waals surface area contributed by atoms with E-state index in [4.69, 9.17) is 9.72 Å². The first-order valence-corrected chi connectivity index (χ1v) is 7.65. The lowest BCUT2D eigenvalue weighted by molar-refractivity contribution is 0.181. The molecule has 1 aromatic rings. The molecular weight excluding hydrogens is 244 g/mol. The summed E-state index contributed by atoms with van der Waals surface area (Å²) >= 11 is 1.80. The van der Waals surface area contributed by atoms with Crippen molar-refractivity contribution in [2.45, 2.75) is 45.1 Å². The highest BCUT2D eigenvalue weighted by molar-refractivity contribution is 7.09. The second kappa shape index (κ2) is 5.68. The maximum atomic E-state index is 5.14. The Morgan fingerprint density at radius 1 is 1.56 bits per heavy atom. The van der Waals surface area contributed by atoms with Crippen molar-refractivity contribution in [1.82, 2.24) is 10.3 Å². The molecule has 2 rings (SSSR count). The van der Waals surface area contributed by atoms with Crippen LogP contribution in [-0.2, 0) is 10.3 Å². The highest BCUT2D eigenvalue weighted by Gasteiger charge is 2.44. The van der Waals surface area contributed by atoms with Crippen molar-refractivity contribution in [2.24, 2.45) is 5.92 Å². The van der Waals surface area contributed by atoms with Gasteiger partial charge in [-0.25, -0.2) is 4.98 Å². The van der Waals surface area contributed by atoms with Crippen molar-refractivity contribution in [3.8, 4) is 0 Å². The molecule has 0 radical (unpaired) electrons. The largest absolute Gasteiger partial charge is 0.383 e. The SMILES string of the molecule is COCCNC(C)(c1nc(C(C)C)cs1)C1CC1. The number of aromatic nitrogens is 1. The van der Waals surface area contributed by atoms with E-state index in [-0.39, 0.29) is 5.54 Å². The van der Waals surface area contributed by atoms with Crippen molar-refractivity contribution >= 4 is 11.3 Å². The van der Waals surface area contributed by atoms with Gasteiger partial charge in [0.1, 0.15) is 5.01 Å². The molecule has 1 aliphatic rings. The Balaban J connectivity index is 2.12. The van der Waals surface area contributed by atoms with E-state index in [1.807, 2.05) is 0 Å². The van der Waals surface area contributed by atoms with Crippen LogP contribution in [0.3, 0.4) is 0 Å². The minimum absolute atomic E-state index is 0.0380. The molecule has 1 heterocycles. The van der Waals surface area contributed by atoms with Crippen LogP contribution in [0.4, 0.5) is 0 Å². The van der Waals surface area contributed by atoms with Gasteiger partial charge in [0, 0.05) is 19.0 Å². The van der Waals surface area contributed by atoms with Crippen LogP contribution in [0.2, 0.25) is 0 Å². The number of hydrogen-bond donors (Lipinski definition) is 1. The zero-order valence-electron chi connectivity index (χ0n) is 11.8. The fraction of sp³-hybridized carbons (Fsp3) is 0.786. The van der Waals surface area contributed by atoms with Gasteiger partial charge in [-0.3, -0.25) is 0 Å². The van der Waals surface area contributed by atoms with E-state index in [9.17, 15) is 0 Å². The van der Waals surface area contributed by atoms with Gasteiger partial charge in [0.25, 0.3) is 0 Å². The minimum atomic E-state index is 0.0380. The van der Waals surface area contributed by atoms with E-state index in [2.05, 4.69) is 31.5 Å². The number of methoxy groups -OCH3 is 1. The molecule has 1 atom stereocenters. The van der Waals surface area contributed by atoms with Crippen LogP contribution < -0.4 is 5.32 Å². The zero-order valence-corrected chi connectivity index (χ0v) is 12.6. The Morgan fingerprint density at radius 3 is 2.78 bits per heavy atom. The Bertz CT molecular complexity index is 387. The lowest BCUT2D eigenvalue weighted by Gasteiger charge is -2.29. The first-order chi connectivity index (χ1) is 8.58. The Kier molecular flexibility index (Phi) is 4.41. The van der Waals surface area contributed by atoms with Crippen LogP contribution in [0.5, 0.6) is 0 Å². The van der Waals surface area contributed by atoms with Gasteiger partial charge in [-0.2, -0.15) is 0 Å². The van der Waals surface area contributed by atoms with Gasteiger partial charge in [0.15, 0.2) is 0 Å². The third-order valence-corrected chi connectivity index (χ3v) is 4.85. The summed E-state index contributed by atoms with van der Waals surface area (Å²) in [7, 11) is 1.75. The highest BCUT2D eigenvalue weighted by atomic mass is 32.1. The summed E-state index contributed by atoms with van der Waals surface area (Å²) in [5.74, 6) is 1.25. The molecule has 0 bridgehead atoms. The number of nitrogens with one attached hydrogen (secondary N) is 1. The van der Waals surface area contributed by atoms with Crippen LogP contribution in [0.1, 0.15) is 50.2 Å².